The summed E-state index contributed by atoms with van der Waals surface area (Å²) in [6, 6.07) is 0. The van der Waals surface area contributed by atoms with Crippen LogP contribution >= 0.6 is 0 Å². The number of carbonyl (C=O) groups is 2. The average Bonchev–Trinajstić information content (AvgIpc) is 3.47. The van der Waals surface area contributed by atoms with Crippen LogP contribution < -0.4 is 0 Å². The standard InChI is InChI=1S/C20H24N2O8/c1-5-11-15(9(3)29-21-11)19(23)27-13-7-25-18-14(8-26-17(13)18)28-20(24)16-10(4)30-22-12(16)6-2/h13-14,17-18H,5-8H2,1-4H3/t13-,14+,17-,18-/m1/s1. The molecule has 0 N–H and O–H groups in total. The highest BCUT2D eigenvalue weighted by molar-refractivity contribution is 5.92. The lowest BCUT2D eigenvalue weighted by Crippen LogP contribution is -2.36. The quantitative estimate of drug-likeness (QED) is 0.641. The number of ether oxygens (including phenoxy) is 4. The number of aryl methyl sites for hydroxylation is 4. The van der Waals surface area contributed by atoms with Crippen LogP contribution in [0.2, 0.25) is 0 Å². The molecule has 2 aliphatic rings. The van der Waals surface area contributed by atoms with E-state index >= 15 is 0 Å². The molecule has 0 aliphatic carbocycles. The predicted octanol–water partition coefficient (Wildman–Crippen LogP) is 1.95. The Bertz CT molecular complexity index is 873. The van der Waals surface area contributed by atoms with Crippen LogP contribution in [0.4, 0.5) is 0 Å². The third-order valence-corrected chi connectivity index (χ3v) is 5.42. The molecule has 0 spiro atoms. The molecule has 4 rings (SSSR count). The van der Waals surface area contributed by atoms with Crippen molar-refractivity contribution in [1.82, 2.24) is 10.3 Å². The third-order valence-electron chi connectivity index (χ3n) is 5.42. The van der Waals surface area contributed by atoms with Gasteiger partial charge in [-0.25, -0.2) is 9.59 Å². The second kappa shape index (κ2) is 8.19. The zero-order valence-corrected chi connectivity index (χ0v) is 17.3. The molecule has 2 aromatic rings. The largest absolute Gasteiger partial charge is 0.453 e. The van der Waals surface area contributed by atoms with Gasteiger partial charge in [-0.2, -0.15) is 0 Å². The summed E-state index contributed by atoms with van der Waals surface area (Å²) in [5.74, 6) is -0.252. The highest BCUT2D eigenvalue weighted by Gasteiger charge is 2.51. The molecule has 4 atom stereocenters. The van der Waals surface area contributed by atoms with Crippen molar-refractivity contribution in [2.75, 3.05) is 13.2 Å². The van der Waals surface area contributed by atoms with E-state index in [1.807, 2.05) is 13.8 Å². The molecular formula is C20H24N2O8. The first kappa shape index (κ1) is 20.5. The Labute approximate surface area is 172 Å². The van der Waals surface area contributed by atoms with Gasteiger partial charge in [-0.15, -0.1) is 0 Å². The minimum Gasteiger partial charge on any atom is -0.453 e. The minimum atomic E-state index is -0.617. The molecule has 2 fully saturated rings. The van der Waals surface area contributed by atoms with E-state index in [9.17, 15) is 9.59 Å². The Morgan fingerprint density at radius 2 is 1.23 bits per heavy atom. The lowest BCUT2D eigenvalue weighted by Gasteiger charge is -2.17. The Kier molecular flexibility index (Phi) is 5.61. The summed E-state index contributed by atoms with van der Waals surface area (Å²) in [5.41, 5.74) is 1.75. The van der Waals surface area contributed by atoms with Crippen molar-refractivity contribution in [2.24, 2.45) is 0 Å². The normalized spacial score (nSPS) is 25.3. The predicted molar refractivity (Wildman–Crippen MR) is 99.1 cm³/mol. The van der Waals surface area contributed by atoms with Gasteiger partial charge >= 0.3 is 11.9 Å². The molecule has 10 heteroatoms. The molecule has 2 aliphatic heterocycles. The summed E-state index contributed by atoms with van der Waals surface area (Å²) in [6.45, 7) is 7.37. The Morgan fingerprint density at radius 1 is 0.833 bits per heavy atom. The number of carbonyl (C=O) groups excluding carboxylic acids is 2. The van der Waals surface area contributed by atoms with Gasteiger partial charge in [-0.1, -0.05) is 24.2 Å². The summed E-state index contributed by atoms with van der Waals surface area (Å²) < 4.78 is 32.9. The van der Waals surface area contributed by atoms with Gasteiger partial charge in [0.25, 0.3) is 0 Å². The molecule has 0 radical (unpaired) electrons. The number of nitrogens with zero attached hydrogens (tertiary/aromatic N) is 2. The SMILES string of the molecule is CCc1noc(C)c1C(=O)O[C@H]1CO[C@H]2[C@@H]1OC[C@H]2OC(=O)c1c(CC)noc1C. The van der Waals surface area contributed by atoms with Gasteiger partial charge in [-0.05, 0) is 26.7 Å². The lowest BCUT2D eigenvalue weighted by atomic mass is 10.1. The van der Waals surface area contributed by atoms with Crippen molar-refractivity contribution >= 4 is 11.9 Å². The van der Waals surface area contributed by atoms with Gasteiger partial charge < -0.3 is 28.0 Å². The van der Waals surface area contributed by atoms with Crippen LogP contribution in [0.15, 0.2) is 9.05 Å². The fourth-order valence-electron chi connectivity index (χ4n) is 3.87. The zero-order chi connectivity index (χ0) is 21.4. The van der Waals surface area contributed by atoms with E-state index in [4.69, 9.17) is 28.0 Å². The molecule has 0 bridgehead atoms. The van der Waals surface area contributed by atoms with Crippen molar-refractivity contribution in [3.63, 3.8) is 0 Å². The molecule has 0 amide bonds. The van der Waals surface area contributed by atoms with E-state index in [0.717, 1.165) is 0 Å². The molecule has 30 heavy (non-hydrogen) atoms. The topological polar surface area (TPSA) is 123 Å². The van der Waals surface area contributed by atoms with E-state index in [1.165, 1.54) is 0 Å². The number of hydrogen-bond acceptors (Lipinski definition) is 10. The van der Waals surface area contributed by atoms with Crippen LogP contribution in [0.3, 0.4) is 0 Å². The Balaban J connectivity index is 1.41. The summed E-state index contributed by atoms with van der Waals surface area (Å²) in [6.07, 6.45) is -1.18. The third kappa shape index (κ3) is 3.50. The molecule has 0 saturated carbocycles. The number of esters is 2. The first-order valence-corrected chi connectivity index (χ1v) is 10.00. The van der Waals surface area contributed by atoms with Crippen LogP contribution in [0.25, 0.3) is 0 Å². The van der Waals surface area contributed by atoms with Crippen molar-refractivity contribution in [2.45, 2.75) is 65.0 Å². The molecular weight excluding hydrogens is 396 g/mol. The summed E-state index contributed by atoms with van der Waals surface area (Å²) in [7, 11) is 0. The zero-order valence-electron chi connectivity index (χ0n) is 17.3. The maximum absolute atomic E-state index is 12.6. The smallest absolute Gasteiger partial charge is 0.344 e. The maximum Gasteiger partial charge on any atom is 0.344 e. The van der Waals surface area contributed by atoms with Gasteiger partial charge in [0.1, 0.15) is 34.9 Å². The first-order chi connectivity index (χ1) is 14.4. The van der Waals surface area contributed by atoms with Crippen LogP contribution in [-0.4, -0.2) is 59.9 Å². The molecule has 162 valence electrons. The first-order valence-electron chi connectivity index (χ1n) is 10.00. The number of rotatable bonds is 6. The van der Waals surface area contributed by atoms with Gasteiger partial charge in [-0.3, -0.25) is 0 Å². The molecule has 0 aromatic carbocycles. The van der Waals surface area contributed by atoms with Crippen molar-refractivity contribution in [3.05, 3.63) is 34.0 Å². The molecule has 2 aromatic heterocycles. The summed E-state index contributed by atoms with van der Waals surface area (Å²) in [4.78, 5) is 25.3. The lowest BCUT2D eigenvalue weighted by molar-refractivity contribution is -0.0289. The molecule has 0 unspecified atom stereocenters. The Hall–Kier alpha value is -2.72. The van der Waals surface area contributed by atoms with E-state index in [1.54, 1.807) is 13.8 Å². The molecule has 10 nitrogen and oxygen atoms in total. The Morgan fingerprint density at radius 3 is 1.60 bits per heavy atom. The van der Waals surface area contributed by atoms with Gasteiger partial charge in [0.05, 0.1) is 24.6 Å². The van der Waals surface area contributed by atoms with Crippen molar-refractivity contribution < 1.29 is 37.6 Å². The van der Waals surface area contributed by atoms with Gasteiger partial charge in [0, 0.05) is 0 Å². The van der Waals surface area contributed by atoms with Crippen LogP contribution in [0.5, 0.6) is 0 Å². The van der Waals surface area contributed by atoms with E-state index in [-0.39, 0.29) is 13.2 Å². The van der Waals surface area contributed by atoms with E-state index < -0.39 is 36.4 Å². The average molecular weight is 420 g/mol. The van der Waals surface area contributed by atoms with Gasteiger partial charge in [0.15, 0.2) is 12.2 Å². The minimum absolute atomic E-state index is 0.146. The van der Waals surface area contributed by atoms with E-state index in [2.05, 4.69) is 10.3 Å². The fraction of sp³-hybridized carbons (Fsp3) is 0.600. The van der Waals surface area contributed by atoms with Crippen LogP contribution in [0.1, 0.15) is 57.5 Å². The number of fused-ring (bicyclic) bond motifs is 1. The fourth-order valence-corrected chi connectivity index (χ4v) is 3.87. The van der Waals surface area contributed by atoms with E-state index in [0.29, 0.717) is 46.9 Å². The second-order valence-corrected chi connectivity index (χ2v) is 7.31. The summed E-state index contributed by atoms with van der Waals surface area (Å²) >= 11 is 0. The summed E-state index contributed by atoms with van der Waals surface area (Å²) in [5, 5.41) is 7.76. The highest BCUT2D eigenvalue weighted by atomic mass is 16.7. The van der Waals surface area contributed by atoms with Gasteiger partial charge in [0.2, 0.25) is 0 Å². The highest BCUT2D eigenvalue weighted by Crippen LogP contribution is 2.32. The number of aromatic nitrogens is 2. The second-order valence-electron chi connectivity index (χ2n) is 7.31. The van der Waals surface area contributed by atoms with Crippen molar-refractivity contribution in [1.29, 1.82) is 0 Å². The molecule has 2 saturated heterocycles. The molecule has 4 heterocycles. The van der Waals surface area contributed by atoms with Crippen LogP contribution in [0, 0.1) is 13.8 Å². The maximum atomic E-state index is 12.6. The monoisotopic (exact) mass is 420 g/mol. The van der Waals surface area contributed by atoms with Crippen molar-refractivity contribution in [3.8, 4) is 0 Å². The van der Waals surface area contributed by atoms with Crippen LogP contribution in [-0.2, 0) is 31.8 Å². The number of hydrogen-bond donors (Lipinski definition) is 0.